The fourth-order valence-electron chi connectivity index (χ4n) is 2.24. The molecule has 1 unspecified atom stereocenters. The van der Waals surface area contributed by atoms with Gasteiger partial charge in [-0.15, -0.1) is 12.4 Å². The van der Waals surface area contributed by atoms with E-state index in [2.05, 4.69) is 10.2 Å². The van der Waals surface area contributed by atoms with Crippen molar-refractivity contribution in [1.82, 2.24) is 10.2 Å². The highest BCUT2D eigenvalue weighted by molar-refractivity contribution is 5.85. The van der Waals surface area contributed by atoms with Crippen LogP contribution >= 0.6 is 12.4 Å². The summed E-state index contributed by atoms with van der Waals surface area (Å²) in [6, 6.07) is 7.20. The first-order valence-electron chi connectivity index (χ1n) is 5.95. The van der Waals surface area contributed by atoms with Crippen molar-refractivity contribution >= 4 is 12.4 Å². The fraction of sp³-hybridized carbons (Fsp3) is 0.538. The van der Waals surface area contributed by atoms with Crippen molar-refractivity contribution in [2.45, 2.75) is 25.4 Å². The van der Waals surface area contributed by atoms with Gasteiger partial charge in [0.15, 0.2) is 0 Å². The Balaban J connectivity index is 0.00000162. The number of alkyl halides is 2. The number of halogens is 3. The highest BCUT2D eigenvalue weighted by atomic mass is 35.5. The molecule has 2 nitrogen and oxygen atoms in total. The summed E-state index contributed by atoms with van der Waals surface area (Å²) in [5.74, 6) is 0. The minimum Gasteiger partial charge on any atom is -0.316 e. The van der Waals surface area contributed by atoms with Gasteiger partial charge in [0.1, 0.15) is 0 Å². The first kappa shape index (κ1) is 15.3. The zero-order valence-corrected chi connectivity index (χ0v) is 11.2. The van der Waals surface area contributed by atoms with Crippen LogP contribution in [0.4, 0.5) is 8.78 Å². The number of hydrogen-bond donors (Lipinski definition) is 1. The van der Waals surface area contributed by atoms with Gasteiger partial charge in [-0.3, -0.25) is 4.90 Å². The van der Waals surface area contributed by atoms with Crippen LogP contribution in [-0.4, -0.2) is 31.1 Å². The molecule has 1 heterocycles. The normalized spacial score (nSPS) is 20.1. The molecule has 1 atom stereocenters. The summed E-state index contributed by atoms with van der Waals surface area (Å²) in [5.41, 5.74) is 1.20. The minimum absolute atomic E-state index is 0. The predicted octanol–water partition coefficient (Wildman–Crippen LogP) is 2.84. The highest BCUT2D eigenvalue weighted by Crippen LogP contribution is 2.20. The molecule has 5 heteroatoms. The third-order valence-electron chi connectivity index (χ3n) is 3.32. The molecule has 1 aliphatic rings. The molecule has 0 spiro atoms. The van der Waals surface area contributed by atoms with Gasteiger partial charge >= 0.3 is 0 Å². The maximum atomic E-state index is 12.4. The molecule has 0 amide bonds. The second kappa shape index (κ2) is 7.02. The van der Waals surface area contributed by atoms with Crippen molar-refractivity contribution in [1.29, 1.82) is 0 Å². The van der Waals surface area contributed by atoms with Gasteiger partial charge in [0.2, 0.25) is 0 Å². The average molecular weight is 277 g/mol. The standard InChI is InChI=1S/C13H18F2N2.ClH/c1-16-12-6-7-17(9-12)8-10-2-4-11(5-3-10)13(14)15;/h2-5,12-13,16H,6-9H2,1H3;1H. The lowest BCUT2D eigenvalue weighted by atomic mass is 10.1. The Morgan fingerprint density at radius 1 is 1.33 bits per heavy atom. The summed E-state index contributed by atoms with van der Waals surface area (Å²) in [7, 11) is 1.98. The number of likely N-dealkylation sites (tertiary alicyclic amines) is 1. The summed E-state index contributed by atoms with van der Waals surface area (Å²) in [4.78, 5) is 2.35. The van der Waals surface area contributed by atoms with Gasteiger partial charge in [-0.25, -0.2) is 8.78 Å². The van der Waals surface area contributed by atoms with Crippen LogP contribution in [0.5, 0.6) is 0 Å². The topological polar surface area (TPSA) is 15.3 Å². The number of likely N-dealkylation sites (N-methyl/N-ethyl adjacent to an activating group) is 1. The molecule has 0 aromatic heterocycles. The van der Waals surface area contributed by atoms with Gasteiger partial charge in [-0.2, -0.15) is 0 Å². The molecule has 1 saturated heterocycles. The maximum Gasteiger partial charge on any atom is 0.263 e. The van der Waals surface area contributed by atoms with Gasteiger partial charge < -0.3 is 5.32 Å². The largest absolute Gasteiger partial charge is 0.316 e. The third kappa shape index (κ3) is 3.90. The lowest BCUT2D eigenvalue weighted by Gasteiger charge is -2.16. The van der Waals surface area contributed by atoms with Crippen LogP contribution in [0.2, 0.25) is 0 Å². The summed E-state index contributed by atoms with van der Waals surface area (Å²) >= 11 is 0. The van der Waals surface area contributed by atoms with Crippen LogP contribution in [0.25, 0.3) is 0 Å². The molecule has 1 aromatic carbocycles. The van der Waals surface area contributed by atoms with Crippen LogP contribution < -0.4 is 5.32 Å². The molecule has 0 radical (unpaired) electrons. The van der Waals surface area contributed by atoms with Crippen molar-refractivity contribution in [2.75, 3.05) is 20.1 Å². The maximum absolute atomic E-state index is 12.4. The molecule has 102 valence electrons. The van der Waals surface area contributed by atoms with Crippen molar-refractivity contribution in [3.8, 4) is 0 Å². The molecular weight excluding hydrogens is 258 g/mol. The molecule has 0 bridgehead atoms. The van der Waals surface area contributed by atoms with Crippen LogP contribution in [0.1, 0.15) is 24.0 Å². The first-order chi connectivity index (χ1) is 8.19. The first-order valence-corrected chi connectivity index (χ1v) is 5.95. The van der Waals surface area contributed by atoms with E-state index in [1.54, 1.807) is 12.1 Å². The lowest BCUT2D eigenvalue weighted by molar-refractivity contribution is 0.151. The second-order valence-electron chi connectivity index (χ2n) is 4.55. The lowest BCUT2D eigenvalue weighted by Crippen LogP contribution is -2.29. The quantitative estimate of drug-likeness (QED) is 0.910. The van der Waals surface area contributed by atoms with Crippen LogP contribution in [0, 0.1) is 0 Å². The molecule has 0 saturated carbocycles. The van der Waals surface area contributed by atoms with E-state index in [1.165, 1.54) is 12.1 Å². The van der Waals surface area contributed by atoms with Gasteiger partial charge in [0.05, 0.1) is 0 Å². The summed E-state index contributed by atoms with van der Waals surface area (Å²) in [5, 5.41) is 3.26. The predicted molar refractivity (Wildman–Crippen MR) is 71.4 cm³/mol. The fourth-order valence-corrected chi connectivity index (χ4v) is 2.24. The van der Waals surface area contributed by atoms with Gasteiger partial charge in [0.25, 0.3) is 6.43 Å². The van der Waals surface area contributed by atoms with Crippen LogP contribution in [-0.2, 0) is 6.54 Å². The van der Waals surface area contributed by atoms with E-state index in [1.807, 2.05) is 7.05 Å². The van der Waals surface area contributed by atoms with E-state index < -0.39 is 6.43 Å². The Kier molecular flexibility index (Phi) is 5.99. The average Bonchev–Trinajstić information content (AvgIpc) is 2.77. The Morgan fingerprint density at radius 3 is 2.50 bits per heavy atom. The van der Waals surface area contributed by atoms with E-state index in [-0.39, 0.29) is 18.0 Å². The Bertz CT molecular complexity index is 357. The van der Waals surface area contributed by atoms with E-state index in [0.29, 0.717) is 6.04 Å². The van der Waals surface area contributed by atoms with Crippen LogP contribution in [0.3, 0.4) is 0 Å². The van der Waals surface area contributed by atoms with Gasteiger partial charge in [-0.1, -0.05) is 24.3 Å². The Labute approximate surface area is 113 Å². The van der Waals surface area contributed by atoms with Crippen LogP contribution in [0.15, 0.2) is 24.3 Å². The Hall–Kier alpha value is -0.710. The summed E-state index contributed by atoms with van der Waals surface area (Å²) < 4.78 is 24.8. The summed E-state index contributed by atoms with van der Waals surface area (Å²) in [6.07, 6.45) is -1.21. The van der Waals surface area contributed by atoms with E-state index in [4.69, 9.17) is 0 Å². The second-order valence-corrected chi connectivity index (χ2v) is 4.55. The van der Waals surface area contributed by atoms with Crippen molar-refractivity contribution in [2.24, 2.45) is 0 Å². The number of benzene rings is 1. The number of rotatable bonds is 4. The molecule has 0 aliphatic carbocycles. The molecule has 1 aliphatic heterocycles. The third-order valence-corrected chi connectivity index (χ3v) is 3.32. The number of nitrogens with one attached hydrogen (secondary N) is 1. The van der Waals surface area contributed by atoms with Gasteiger partial charge in [-0.05, 0) is 19.0 Å². The zero-order valence-electron chi connectivity index (χ0n) is 10.4. The molecule has 1 N–H and O–H groups in total. The van der Waals surface area contributed by atoms with E-state index >= 15 is 0 Å². The zero-order chi connectivity index (χ0) is 12.3. The molecule has 1 fully saturated rings. The smallest absolute Gasteiger partial charge is 0.263 e. The van der Waals surface area contributed by atoms with E-state index in [0.717, 1.165) is 31.6 Å². The number of nitrogens with zero attached hydrogens (tertiary/aromatic N) is 1. The number of hydrogen-bond acceptors (Lipinski definition) is 2. The minimum atomic E-state index is -2.37. The Morgan fingerprint density at radius 2 is 2.00 bits per heavy atom. The molecular formula is C13H19ClF2N2. The van der Waals surface area contributed by atoms with Crippen molar-refractivity contribution < 1.29 is 8.78 Å². The van der Waals surface area contributed by atoms with Crippen molar-refractivity contribution in [3.05, 3.63) is 35.4 Å². The molecule has 18 heavy (non-hydrogen) atoms. The monoisotopic (exact) mass is 276 g/mol. The van der Waals surface area contributed by atoms with Gasteiger partial charge in [0, 0.05) is 31.2 Å². The van der Waals surface area contributed by atoms with E-state index in [9.17, 15) is 8.78 Å². The highest BCUT2D eigenvalue weighted by Gasteiger charge is 2.20. The summed E-state index contributed by atoms with van der Waals surface area (Å²) in [6.45, 7) is 2.96. The van der Waals surface area contributed by atoms with Crippen molar-refractivity contribution in [3.63, 3.8) is 0 Å². The SMILES string of the molecule is CNC1CCN(Cc2ccc(C(F)F)cc2)C1.Cl. The molecule has 1 aromatic rings. The molecule has 2 rings (SSSR count).